The molecule has 6 rings (SSSR count). The van der Waals surface area contributed by atoms with E-state index in [0.717, 1.165) is 49.2 Å². The highest BCUT2D eigenvalue weighted by atomic mass is 19.1. The maximum atomic E-state index is 13.2. The lowest BCUT2D eigenvalue weighted by Gasteiger charge is -2.33. The molecule has 3 aliphatic heterocycles. The predicted molar refractivity (Wildman–Crippen MR) is 148 cm³/mol. The fourth-order valence-electron chi connectivity index (χ4n) is 6.01. The summed E-state index contributed by atoms with van der Waals surface area (Å²) in [6.07, 6.45) is 3.81. The second-order valence-corrected chi connectivity index (χ2v) is 10.9. The van der Waals surface area contributed by atoms with E-state index in [2.05, 4.69) is 34.5 Å². The zero-order chi connectivity index (χ0) is 27.6. The predicted octanol–water partition coefficient (Wildman–Crippen LogP) is 4.62. The van der Waals surface area contributed by atoms with Gasteiger partial charge in [-0.1, -0.05) is 30.3 Å². The molecular weight excluding hydrogens is 509 g/mol. The molecule has 3 heterocycles. The molecule has 0 aromatic heterocycles. The third kappa shape index (κ3) is 5.43. The van der Waals surface area contributed by atoms with Crippen LogP contribution in [0.2, 0.25) is 0 Å². The Balaban J connectivity index is 1.03. The highest BCUT2D eigenvalue weighted by Gasteiger charge is 2.40. The number of fused-ring (bicyclic) bond motifs is 1. The minimum atomic E-state index is -0.645. The molecule has 0 radical (unpaired) electrons. The van der Waals surface area contributed by atoms with Crippen molar-refractivity contribution in [3.8, 4) is 5.75 Å². The van der Waals surface area contributed by atoms with Crippen LogP contribution in [0.1, 0.15) is 52.7 Å². The number of carbonyl (C=O) groups excluding carboxylic acids is 3. The maximum absolute atomic E-state index is 13.2. The van der Waals surface area contributed by atoms with E-state index in [1.54, 1.807) is 12.1 Å². The van der Waals surface area contributed by atoms with Crippen LogP contribution in [-0.2, 0) is 29.2 Å². The molecule has 3 aliphatic rings. The lowest BCUT2D eigenvalue weighted by atomic mass is 9.89. The summed E-state index contributed by atoms with van der Waals surface area (Å²) in [7, 11) is 0. The molecule has 3 amide bonds. The lowest BCUT2D eigenvalue weighted by molar-refractivity contribution is -0.136. The first-order chi connectivity index (χ1) is 19.4. The topological polar surface area (TPSA) is 79.0 Å². The Morgan fingerprint density at radius 1 is 0.875 bits per heavy atom. The van der Waals surface area contributed by atoms with Gasteiger partial charge in [0.2, 0.25) is 11.8 Å². The van der Waals surface area contributed by atoms with Gasteiger partial charge in [-0.05, 0) is 79.1 Å². The number of piperidine rings is 2. The van der Waals surface area contributed by atoms with Gasteiger partial charge in [0.25, 0.3) is 5.91 Å². The van der Waals surface area contributed by atoms with Gasteiger partial charge in [-0.15, -0.1) is 0 Å². The van der Waals surface area contributed by atoms with Crippen molar-refractivity contribution in [2.75, 3.05) is 18.0 Å². The molecule has 3 aromatic carbocycles. The third-order valence-corrected chi connectivity index (χ3v) is 8.29. The van der Waals surface area contributed by atoms with Crippen LogP contribution < -0.4 is 15.0 Å². The molecule has 3 aromatic rings. The number of carbonyl (C=O) groups is 3. The summed E-state index contributed by atoms with van der Waals surface area (Å²) < 4.78 is 19.4. The van der Waals surface area contributed by atoms with Gasteiger partial charge in [0.15, 0.2) is 0 Å². The fraction of sp³-hybridized carbons (Fsp3) is 0.344. The summed E-state index contributed by atoms with van der Waals surface area (Å²) in [6, 6.07) is 20.0. The van der Waals surface area contributed by atoms with Crippen LogP contribution in [-0.4, -0.2) is 41.8 Å². The standard InChI is InChI=1S/C32H32FN3O4/c33-24-8-10-25(11-9-24)35-16-14-22(15-17-35)18-21-4-6-23(7-5-21)20-40-29-3-1-2-26-27(29)19-36(32(26)39)28-12-13-30(37)34-31(28)38/h1-11,22,28H,12-20H2,(H,34,37,38). The number of amides is 3. The summed E-state index contributed by atoms with van der Waals surface area (Å²) in [5.41, 5.74) is 4.75. The van der Waals surface area contributed by atoms with Crippen molar-refractivity contribution in [1.29, 1.82) is 0 Å². The number of nitrogens with zero attached hydrogens (tertiary/aromatic N) is 2. The van der Waals surface area contributed by atoms with E-state index < -0.39 is 11.9 Å². The summed E-state index contributed by atoms with van der Waals surface area (Å²) in [6.45, 7) is 2.62. The van der Waals surface area contributed by atoms with Crippen molar-refractivity contribution in [2.45, 2.75) is 51.3 Å². The summed E-state index contributed by atoms with van der Waals surface area (Å²) >= 11 is 0. The Bertz CT molecular complexity index is 1420. The first-order valence-corrected chi connectivity index (χ1v) is 13.9. The highest BCUT2D eigenvalue weighted by Crippen LogP contribution is 2.34. The molecule has 7 nitrogen and oxygen atoms in total. The average Bonchev–Trinajstić information content (AvgIpc) is 3.30. The monoisotopic (exact) mass is 541 g/mol. The van der Waals surface area contributed by atoms with Crippen molar-refractivity contribution in [2.24, 2.45) is 5.92 Å². The summed E-state index contributed by atoms with van der Waals surface area (Å²) in [5, 5.41) is 2.34. The number of hydrogen-bond donors (Lipinski definition) is 1. The lowest BCUT2D eigenvalue weighted by Crippen LogP contribution is -2.52. The van der Waals surface area contributed by atoms with Gasteiger partial charge in [0.05, 0.1) is 6.54 Å². The smallest absolute Gasteiger partial charge is 0.255 e. The second-order valence-electron chi connectivity index (χ2n) is 10.9. The maximum Gasteiger partial charge on any atom is 0.255 e. The van der Waals surface area contributed by atoms with E-state index in [1.807, 2.05) is 18.2 Å². The van der Waals surface area contributed by atoms with Crippen molar-refractivity contribution in [3.63, 3.8) is 0 Å². The zero-order valence-electron chi connectivity index (χ0n) is 22.3. The fourth-order valence-corrected chi connectivity index (χ4v) is 6.01. The third-order valence-electron chi connectivity index (χ3n) is 8.29. The minimum absolute atomic E-state index is 0.202. The number of halogens is 1. The molecule has 0 bridgehead atoms. The van der Waals surface area contributed by atoms with Crippen LogP contribution in [0.15, 0.2) is 66.7 Å². The average molecular weight is 542 g/mol. The SMILES string of the molecule is O=C1CCC(N2Cc3c(OCc4ccc(CC5CCN(c6ccc(F)cc6)CC5)cc4)cccc3C2=O)C(=O)N1. The van der Waals surface area contributed by atoms with E-state index in [-0.39, 0.29) is 30.6 Å². The number of ether oxygens (including phenoxy) is 1. The van der Waals surface area contributed by atoms with E-state index >= 15 is 0 Å². The second kappa shape index (κ2) is 11.1. The Labute approximate surface area is 232 Å². The van der Waals surface area contributed by atoms with Crippen LogP contribution in [0, 0.1) is 11.7 Å². The normalized spacial score (nSPS) is 19.5. The summed E-state index contributed by atoms with van der Waals surface area (Å²) in [5.74, 6) is 0.133. The van der Waals surface area contributed by atoms with Crippen LogP contribution in [0.5, 0.6) is 5.75 Å². The van der Waals surface area contributed by atoms with Crippen LogP contribution >= 0.6 is 0 Å². The van der Waals surface area contributed by atoms with Crippen molar-refractivity contribution >= 4 is 23.4 Å². The molecule has 40 heavy (non-hydrogen) atoms. The first-order valence-electron chi connectivity index (χ1n) is 13.9. The van der Waals surface area contributed by atoms with E-state index in [0.29, 0.717) is 30.3 Å². The highest BCUT2D eigenvalue weighted by molar-refractivity contribution is 6.05. The Morgan fingerprint density at radius 3 is 2.33 bits per heavy atom. The van der Waals surface area contributed by atoms with E-state index in [1.165, 1.54) is 22.6 Å². The van der Waals surface area contributed by atoms with Crippen LogP contribution in [0.3, 0.4) is 0 Å². The molecule has 2 fully saturated rings. The van der Waals surface area contributed by atoms with Crippen molar-refractivity contribution < 1.29 is 23.5 Å². The van der Waals surface area contributed by atoms with Gasteiger partial charge < -0.3 is 14.5 Å². The molecule has 0 saturated carbocycles. The number of hydrogen-bond acceptors (Lipinski definition) is 5. The van der Waals surface area contributed by atoms with Crippen LogP contribution in [0.4, 0.5) is 10.1 Å². The first kappa shape index (κ1) is 26.0. The molecule has 8 heteroatoms. The largest absolute Gasteiger partial charge is 0.489 e. The molecule has 1 N–H and O–H groups in total. The number of benzene rings is 3. The number of nitrogens with one attached hydrogen (secondary N) is 1. The van der Waals surface area contributed by atoms with Gasteiger partial charge in [-0.25, -0.2) is 4.39 Å². The van der Waals surface area contributed by atoms with Gasteiger partial charge in [0, 0.05) is 36.3 Å². The van der Waals surface area contributed by atoms with Gasteiger partial charge in [-0.2, -0.15) is 0 Å². The minimum Gasteiger partial charge on any atom is -0.489 e. The van der Waals surface area contributed by atoms with Crippen LogP contribution in [0.25, 0.3) is 0 Å². The van der Waals surface area contributed by atoms with Crippen molar-refractivity contribution in [1.82, 2.24) is 10.2 Å². The summed E-state index contributed by atoms with van der Waals surface area (Å²) in [4.78, 5) is 40.8. The molecule has 0 spiro atoms. The molecule has 1 atom stereocenters. The Kier molecular flexibility index (Phi) is 7.24. The number of anilines is 1. The quantitative estimate of drug-likeness (QED) is 0.442. The van der Waals surface area contributed by atoms with Crippen molar-refractivity contribution in [3.05, 3.63) is 94.8 Å². The molecular formula is C32H32FN3O4. The van der Waals surface area contributed by atoms with Gasteiger partial charge in [0.1, 0.15) is 24.2 Å². The molecule has 0 aliphatic carbocycles. The van der Waals surface area contributed by atoms with E-state index in [4.69, 9.17) is 4.74 Å². The Hall–Kier alpha value is -4.20. The zero-order valence-corrected chi connectivity index (χ0v) is 22.3. The number of imide groups is 1. The van der Waals surface area contributed by atoms with E-state index in [9.17, 15) is 18.8 Å². The molecule has 206 valence electrons. The molecule has 1 unspecified atom stereocenters. The van der Waals surface area contributed by atoms with Gasteiger partial charge >= 0.3 is 0 Å². The Morgan fingerprint density at radius 2 is 1.60 bits per heavy atom. The number of rotatable bonds is 7. The van der Waals surface area contributed by atoms with Gasteiger partial charge in [-0.3, -0.25) is 19.7 Å². The molecule has 2 saturated heterocycles.